The summed E-state index contributed by atoms with van der Waals surface area (Å²) in [6.45, 7) is 3.95. The van der Waals surface area contributed by atoms with Gasteiger partial charge in [0.2, 0.25) is 0 Å². The van der Waals surface area contributed by atoms with E-state index in [-0.39, 0.29) is 0 Å². The Morgan fingerprint density at radius 2 is 1.92 bits per heavy atom. The van der Waals surface area contributed by atoms with Crippen molar-refractivity contribution in [2.45, 2.75) is 19.9 Å². The molecule has 0 aliphatic carbocycles. The normalized spacial score (nSPS) is 11.2. The molecule has 0 amide bonds. The molecule has 0 radical (unpaired) electrons. The molecule has 2 N–H and O–H groups in total. The van der Waals surface area contributed by atoms with E-state index in [1.54, 1.807) is 0 Å². The minimum absolute atomic E-state index is 0.864. The second-order valence-electron chi connectivity index (χ2n) is 6.49. The second-order valence-corrected chi connectivity index (χ2v) is 6.49. The van der Waals surface area contributed by atoms with E-state index in [0.717, 1.165) is 19.5 Å². The van der Waals surface area contributed by atoms with Crippen LogP contribution in [0.3, 0.4) is 0 Å². The van der Waals surface area contributed by atoms with E-state index in [9.17, 15) is 0 Å². The molecule has 0 aliphatic rings. The molecule has 4 rings (SSSR count). The third kappa shape index (κ3) is 3.37. The minimum Gasteiger partial charge on any atom is -0.361 e. The fourth-order valence-corrected chi connectivity index (χ4v) is 3.37. The van der Waals surface area contributed by atoms with Crippen LogP contribution in [0.25, 0.3) is 16.6 Å². The number of nitrogens with zero attached hydrogens (tertiary/aromatic N) is 1. The molecule has 0 bridgehead atoms. The average Bonchev–Trinajstić information content (AvgIpc) is 3.26. The zero-order valence-electron chi connectivity index (χ0n) is 14.5. The molecular formula is C22H23N3. The lowest BCUT2D eigenvalue weighted by atomic mass is 10.1. The van der Waals surface area contributed by atoms with Gasteiger partial charge in [-0.15, -0.1) is 0 Å². The lowest BCUT2D eigenvalue weighted by Gasteiger charge is -2.11. The Morgan fingerprint density at radius 3 is 2.84 bits per heavy atom. The molecule has 0 unspecified atom stereocenters. The second kappa shape index (κ2) is 6.99. The summed E-state index contributed by atoms with van der Waals surface area (Å²) in [6.07, 6.45) is 5.28. The highest BCUT2D eigenvalue weighted by atomic mass is 15.0. The van der Waals surface area contributed by atoms with Crippen molar-refractivity contribution in [3.05, 3.63) is 89.9 Å². The van der Waals surface area contributed by atoms with Crippen molar-refractivity contribution in [1.82, 2.24) is 14.9 Å². The van der Waals surface area contributed by atoms with Gasteiger partial charge in [-0.3, -0.25) is 0 Å². The molecular weight excluding hydrogens is 306 g/mol. The molecule has 2 aromatic carbocycles. The quantitative estimate of drug-likeness (QED) is 0.498. The Morgan fingerprint density at radius 1 is 1.00 bits per heavy atom. The standard InChI is InChI=1S/C22H23N3/c1-17-6-4-7-19(14-17)25-13-5-8-20(25)16-23-12-11-18-15-24-22-10-3-2-9-21(18)22/h2-10,13-15,23-24H,11-12,16H2,1H3. The highest BCUT2D eigenvalue weighted by Gasteiger charge is 2.05. The number of rotatable bonds is 6. The van der Waals surface area contributed by atoms with Crippen molar-refractivity contribution < 1.29 is 0 Å². The van der Waals surface area contributed by atoms with Gasteiger partial charge in [-0.2, -0.15) is 0 Å². The Kier molecular flexibility index (Phi) is 4.40. The molecule has 0 aliphatic heterocycles. The van der Waals surface area contributed by atoms with Crippen LogP contribution in [0, 0.1) is 6.92 Å². The number of aromatic amines is 1. The Hall–Kier alpha value is -2.78. The van der Waals surface area contributed by atoms with Crippen LogP contribution in [-0.2, 0) is 13.0 Å². The average molecular weight is 329 g/mol. The lowest BCUT2D eigenvalue weighted by molar-refractivity contribution is 0.667. The summed E-state index contributed by atoms with van der Waals surface area (Å²) >= 11 is 0. The van der Waals surface area contributed by atoms with Crippen LogP contribution in [0.4, 0.5) is 0 Å². The van der Waals surface area contributed by atoms with Gasteiger partial charge >= 0.3 is 0 Å². The number of para-hydroxylation sites is 1. The molecule has 3 heteroatoms. The first-order chi connectivity index (χ1) is 12.3. The number of hydrogen-bond acceptors (Lipinski definition) is 1. The van der Waals surface area contributed by atoms with Crippen molar-refractivity contribution in [2.24, 2.45) is 0 Å². The van der Waals surface area contributed by atoms with E-state index in [0.29, 0.717) is 0 Å². The van der Waals surface area contributed by atoms with E-state index in [4.69, 9.17) is 0 Å². The molecule has 2 aromatic heterocycles. The van der Waals surface area contributed by atoms with Crippen molar-refractivity contribution >= 4 is 10.9 Å². The molecule has 126 valence electrons. The molecule has 2 heterocycles. The molecule has 0 fully saturated rings. The van der Waals surface area contributed by atoms with Crippen molar-refractivity contribution in [2.75, 3.05) is 6.54 Å². The molecule has 0 spiro atoms. The summed E-state index contributed by atoms with van der Waals surface area (Å²) in [6, 6.07) is 21.4. The first kappa shape index (κ1) is 15.7. The molecule has 0 saturated carbocycles. The number of benzene rings is 2. The highest BCUT2D eigenvalue weighted by Crippen LogP contribution is 2.18. The minimum atomic E-state index is 0.864. The third-order valence-electron chi connectivity index (χ3n) is 4.67. The van der Waals surface area contributed by atoms with Gasteiger partial charge in [-0.25, -0.2) is 0 Å². The van der Waals surface area contributed by atoms with E-state index >= 15 is 0 Å². The maximum Gasteiger partial charge on any atom is 0.0456 e. The van der Waals surface area contributed by atoms with Crippen molar-refractivity contribution in [1.29, 1.82) is 0 Å². The number of nitrogens with one attached hydrogen (secondary N) is 2. The van der Waals surface area contributed by atoms with Crippen LogP contribution in [0.15, 0.2) is 73.1 Å². The van der Waals surface area contributed by atoms with Gasteiger partial charge in [0, 0.05) is 41.2 Å². The van der Waals surface area contributed by atoms with Gasteiger partial charge in [0.05, 0.1) is 0 Å². The van der Waals surface area contributed by atoms with Crippen molar-refractivity contribution in [3.63, 3.8) is 0 Å². The SMILES string of the molecule is Cc1cccc(-n2cccc2CNCCc2c[nH]c3ccccc23)c1. The molecule has 25 heavy (non-hydrogen) atoms. The Bertz CT molecular complexity index is 978. The van der Waals surface area contributed by atoms with Gasteiger partial charge < -0.3 is 14.9 Å². The summed E-state index contributed by atoms with van der Waals surface area (Å²) in [5.41, 5.74) is 6.37. The lowest BCUT2D eigenvalue weighted by Crippen LogP contribution is -2.18. The fourth-order valence-electron chi connectivity index (χ4n) is 3.37. The number of fused-ring (bicyclic) bond motifs is 1. The molecule has 0 atom stereocenters. The largest absolute Gasteiger partial charge is 0.361 e. The van der Waals surface area contributed by atoms with Crippen LogP contribution >= 0.6 is 0 Å². The zero-order chi connectivity index (χ0) is 17.1. The van der Waals surface area contributed by atoms with Crippen LogP contribution in [0.2, 0.25) is 0 Å². The monoisotopic (exact) mass is 329 g/mol. The van der Waals surface area contributed by atoms with Crippen LogP contribution < -0.4 is 5.32 Å². The first-order valence-corrected chi connectivity index (χ1v) is 8.80. The molecule has 4 aromatic rings. The number of hydrogen-bond donors (Lipinski definition) is 2. The molecule has 3 nitrogen and oxygen atoms in total. The number of aryl methyl sites for hydroxylation is 1. The predicted octanol–water partition coefficient (Wildman–Crippen LogP) is 4.60. The zero-order valence-corrected chi connectivity index (χ0v) is 14.5. The third-order valence-corrected chi connectivity index (χ3v) is 4.67. The predicted molar refractivity (Wildman–Crippen MR) is 104 cm³/mol. The van der Waals surface area contributed by atoms with E-state index in [2.05, 4.69) is 94.8 Å². The summed E-state index contributed by atoms with van der Waals surface area (Å²) in [5.74, 6) is 0. The Balaban J connectivity index is 1.39. The van der Waals surface area contributed by atoms with Gasteiger partial charge in [-0.1, -0.05) is 30.3 Å². The van der Waals surface area contributed by atoms with Gasteiger partial charge in [0.15, 0.2) is 0 Å². The van der Waals surface area contributed by atoms with Crippen LogP contribution in [0.5, 0.6) is 0 Å². The summed E-state index contributed by atoms with van der Waals surface area (Å²) in [7, 11) is 0. The van der Waals surface area contributed by atoms with Gasteiger partial charge in [0.1, 0.15) is 0 Å². The summed E-state index contributed by atoms with van der Waals surface area (Å²) in [5, 5.41) is 4.91. The van der Waals surface area contributed by atoms with Gasteiger partial charge in [-0.05, 0) is 61.3 Å². The number of H-pyrrole nitrogens is 1. The van der Waals surface area contributed by atoms with E-state index in [1.165, 1.54) is 33.4 Å². The van der Waals surface area contributed by atoms with Gasteiger partial charge in [0.25, 0.3) is 0 Å². The highest BCUT2D eigenvalue weighted by molar-refractivity contribution is 5.83. The van der Waals surface area contributed by atoms with Crippen LogP contribution in [0.1, 0.15) is 16.8 Å². The van der Waals surface area contributed by atoms with E-state index in [1.807, 2.05) is 0 Å². The summed E-state index contributed by atoms with van der Waals surface area (Å²) in [4.78, 5) is 3.35. The maximum absolute atomic E-state index is 3.58. The van der Waals surface area contributed by atoms with E-state index < -0.39 is 0 Å². The first-order valence-electron chi connectivity index (χ1n) is 8.80. The van der Waals surface area contributed by atoms with Crippen LogP contribution in [-0.4, -0.2) is 16.1 Å². The number of aromatic nitrogens is 2. The fraction of sp³-hybridized carbons (Fsp3) is 0.182. The summed E-state index contributed by atoms with van der Waals surface area (Å²) < 4.78 is 2.26. The maximum atomic E-state index is 3.58. The molecule has 0 saturated heterocycles. The topological polar surface area (TPSA) is 32.8 Å². The van der Waals surface area contributed by atoms with Crippen molar-refractivity contribution in [3.8, 4) is 5.69 Å². The Labute approximate surface area is 148 Å². The smallest absolute Gasteiger partial charge is 0.0456 e.